The molecule has 0 saturated carbocycles. The lowest BCUT2D eigenvalue weighted by molar-refractivity contribution is -0.148. The van der Waals surface area contributed by atoms with Crippen LogP contribution in [0, 0.1) is 5.92 Å². The molecule has 1 aliphatic heterocycles. The van der Waals surface area contributed by atoms with Gasteiger partial charge in [0.25, 0.3) is 0 Å². The van der Waals surface area contributed by atoms with Gasteiger partial charge in [0, 0.05) is 19.4 Å². The molecule has 1 saturated heterocycles. The van der Waals surface area contributed by atoms with E-state index in [1.807, 2.05) is 30.3 Å². The van der Waals surface area contributed by atoms with Crippen LogP contribution in [0.15, 0.2) is 30.3 Å². The van der Waals surface area contributed by atoms with Crippen molar-refractivity contribution in [2.75, 3.05) is 18.6 Å². The van der Waals surface area contributed by atoms with E-state index >= 15 is 0 Å². The number of carbonyl (C=O) groups excluding carboxylic acids is 3. The predicted octanol–water partition coefficient (Wildman–Crippen LogP) is 2.36. The average Bonchev–Trinajstić information content (AvgIpc) is 2.53. The summed E-state index contributed by atoms with van der Waals surface area (Å²) in [5.74, 6) is 1.30. The van der Waals surface area contributed by atoms with Crippen LogP contribution in [-0.2, 0) is 20.8 Å². The molecular weight excluding hydrogens is 310 g/mol. The zero-order valence-corrected chi connectivity index (χ0v) is 14.5. The molecule has 1 aliphatic rings. The summed E-state index contributed by atoms with van der Waals surface area (Å²) >= 11 is 1.53. The third kappa shape index (κ3) is 4.93. The van der Waals surface area contributed by atoms with Crippen molar-refractivity contribution >= 4 is 29.2 Å². The van der Waals surface area contributed by atoms with Crippen molar-refractivity contribution in [1.82, 2.24) is 4.90 Å². The number of hydrogen-bond acceptors (Lipinski definition) is 4. The molecule has 5 heteroatoms. The fourth-order valence-electron chi connectivity index (χ4n) is 2.88. The molecule has 124 valence electrons. The molecule has 0 spiro atoms. The fourth-order valence-corrected chi connectivity index (χ4v) is 3.76. The third-order valence-electron chi connectivity index (χ3n) is 4.17. The van der Waals surface area contributed by atoms with Crippen LogP contribution in [0.5, 0.6) is 0 Å². The molecule has 1 heterocycles. The molecular formula is C18H23NO3S. The number of likely N-dealkylation sites (tertiary alicyclic amines) is 1. The summed E-state index contributed by atoms with van der Waals surface area (Å²) in [5, 5.41) is 0. The first kappa shape index (κ1) is 17.7. The Hall–Kier alpha value is -1.62. The highest BCUT2D eigenvalue weighted by molar-refractivity contribution is 7.99. The van der Waals surface area contributed by atoms with Crippen molar-refractivity contribution in [2.24, 2.45) is 5.92 Å². The topological polar surface area (TPSA) is 54.5 Å². The monoisotopic (exact) mass is 333 g/mol. The van der Waals surface area contributed by atoms with Crippen LogP contribution in [0.3, 0.4) is 0 Å². The van der Waals surface area contributed by atoms with Gasteiger partial charge in [-0.2, -0.15) is 11.8 Å². The van der Waals surface area contributed by atoms with Gasteiger partial charge in [-0.15, -0.1) is 0 Å². The van der Waals surface area contributed by atoms with Gasteiger partial charge in [0.2, 0.25) is 5.91 Å². The molecule has 0 aliphatic carbocycles. The molecule has 23 heavy (non-hydrogen) atoms. The standard InChI is InChI=1S/C18H23NO3S/c1-13(20)12-23-9-8-15-11-17(21)16(19(2)18(15)22)10-14-6-4-3-5-7-14/h3-7,15-16H,8-12H2,1-2H3. The third-order valence-corrected chi connectivity index (χ3v) is 5.31. The Kier molecular flexibility index (Phi) is 6.39. The van der Waals surface area contributed by atoms with Crippen LogP contribution in [-0.4, -0.2) is 47.0 Å². The largest absolute Gasteiger partial charge is 0.335 e. The Bertz CT molecular complexity index is 573. The Morgan fingerprint density at radius 1 is 1.26 bits per heavy atom. The summed E-state index contributed by atoms with van der Waals surface area (Å²) in [4.78, 5) is 37.5. The number of piperidine rings is 1. The van der Waals surface area contributed by atoms with Crippen molar-refractivity contribution in [3.8, 4) is 0 Å². The second kappa shape index (κ2) is 8.29. The molecule has 0 N–H and O–H groups in total. The molecule has 2 unspecified atom stereocenters. The van der Waals surface area contributed by atoms with E-state index in [9.17, 15) is 14.4 Å². The second-order valence-corrected chi connectivity index (χ2v) is 7.17. The minimum absolute atomic E-state index is 0.0500. The van der Waals surface area contributed by atoms with Crippen LogP contribution in [0.2, 0.25) is 0 Å². The van der Waals surface area contributed by atoms with Crippen LogP contribution in [0.1, 0.15) is 25.3 Å². The summed E-state index contributed by atoms with van der Waals surface area (Å²) in [5.41, 5.74) is 1.07. The molecule has 1 aromatic carbocycles. The van der Waals surface area contributed by atoms with E-state index in [-0.39, 0.29) is 29.4 Å². The van der Waals surface area contributed by atoms with Gasteiger partial charge in [0.05, 0.1) is 11.8 Å². The highest BCUT2D eigenvalue weighted by Crippen LogP contribution is 2.25. The first-order chi connectivity index (χ1) is 11.0. The lowest BCUT2D eigenvalue weighted by Gasteiger charge is -2.35. The van der Waals surface area contributed by atoms with Crippen LogP contribution in [0.25, 0.3) is 0 Å². The minimum atomic E-state index is -0.356. The molecule has 2 rings (SSSR count). The molecule has 0 bridgehead atoms. The maximum atomic E-state index is 12.5. The number of hydrogen-bond donors (Lipinski definition) is 0. The van der Waals surface area contributed by atoms with Gasteiger partial charge in [0.15, 0.2) is 5.78 Å². The van der Waals surface area contributed by atoms with Gasteiger partial charge in [-0.05, 0) is 31.1 Å². The zero-order valence-electron chi connectivity index (χ0n) is 13.7. The number of carbonyl (C=O) groups is 3. The van der Waals surface area contributed by atoms with Crippen LogP contribution in [0.4, 0.5) is 0 Å². The smallest absolute Gasteiger partial charge is 0.226 e. The quantitative estimate of drug-likeness (QED) is 0.719. The number of amides is 1. The highest BCUT2D eigenvalue weighted by atomic mass is 32.2. The van der Waals surface area contributed by atoms with Crippen molar-refractivity contribution in [1.29, 1.82) is 0 Å². The summed E-state index contributed by atoms with van der Waals surface area (Å²) in [6.45, 7) is 1.56. The van der Waals surface area contributed by atoms with Crippen molar-refractivity contribution in [3.05, 3.63) is 35.9 Å². The summed E-state index contributed by atoms with van der Waals surface area (Å²) < 4.78 is 0. The Morgan fingerprint density at radius 3 is 2.61 bits per heavy atom. The summed E-state index contributed by atoms with van der Waals surface area (Å²) in [6.07, 6.45) is 1.56. The lowest BCUT2D eigenvalue weighted by Crippen LogP contribution is -2.52. The van der Waals surface area contributed by atoms with E-state index in [1.165, 1.54) is 11.8 Å². The molecule has 2 atom stereocenters. The average molecular weight is 333 g/mol. The molecule has 1 fully saturated rings. The van der Waals surface area contributed by atoms with E-state index in [2.05, 4.69) is 0 Å². The van der Waals surface area contributed by atoms with Gasteiger partial charge in [-0.3, -0.25) is 14.4 Å². The predicted molar refractivity (Wildman–Crippen MR) is 92.4 cm³/mol. The highest BCUT2D eigenvalue weighted by Gasteiger charge is 2.38. The van der Waals surface area contributed by atoms with Gasteiger partial charge >= 0.3 is 0 Å². The molecule has 4 nitrogen and oxygen atoms in total. The number of rotatable bonds is 7. The lowest BCUT2D eigenvalue weighted by atomic mass is 9.87. The van der Waals surface area contributed by atoms with Gasteiger partial charge < -0.3 is 4.90 Å². The van der Waals surface area contributed by atoms with E-state index < -0.39 is 0 Å². The van der Waals surface area contributed by atoms with Crippen LogP contribution < -0.4 is 0 Å². The maximum Gasteiger partial charge on any atom is 0.226 e. The number of likely N-dealkylation sites (N-methyl/N-ethyl adjacent to an activating group) is 1. The number of Topliss-reactive ketones (excluding diaryl/α,β-unsaturated/α-hetero) is 2. The van der Waals surface area contributed by atoms with E-state index in [1.54, 1.807) is 18.9 Å². The van der Waals surface area contributed by atoms with Crippen molar-refractivity contribution < 1.29 is 14.4 Å². The number of ketones is 2. The van der Waals surface area contributed by atoms with Crippen molar-refractivity contribution in [3.63, 3.8) is 0 Å². The van der Waals surface area contributed by atoms with Crippen LogP contribution >= 0.6 is 11.8 Å². The maximum absolute atomic E-state index is 12.5. The van der Waals surface area contributed by atoms with Gasteiger partial charge in [-0.1, -0.05) is 30.3 Å². The Balaban J connectivity index is 1.92. The fraction of sp³-hybridized carbons (Fsp3) is 0.500. The molecule has 0 aromatic heterocycles. The van der Waals surface area contributed by atoms with E-state index in [0.29, 0.717) is 25.0 Å². The van der Waals surface area contributed by atoms with E-state index in [0.717, 1.165) is 11.3 Å². The zero-order chi connectivity index (χ0) is 16.8. The molecule has 1 amide bonds. The Labute approximate surface area is 141 Å². The number of benzene rings is 1. The Morgan fingerprint density at radius 2 is 1.96 bits per heavy atom. The van der Waals surface area contributed by atoms with Gasteiger partial charge in [0.1, 0.15) is 5.78 Å². The van der Waals surface area contributed by atoms with Gasteiger partial charge in [-0.25, -0.2) is 0 Å². The minimum Gasteiger partial charge on any atom is -0.335 e. The van der Waals surface area contributed by atoms with Crippen molar-refractivity contribution in [2.45, 2.75) is 32.2 Å². The summed E-state index contributed by atoms with van der Waals surface area (Å²) in [6, 6.07) is 9.44. The number of thioether (sulfide) groups is 1. The number of nitrogens with zero attached hydrogens (tertiary/aromatic N) is 1. The normalized spacial score (nSPS) is 21.6. The molecule has 0 radical (unpaired) electrons. The molecule has 1 aromatic rings. The SMILES string of the molecule is CC(=O)CSCCC1CC(=O)C(Cc2ccccc2)N(C)C1=O. The first-order valence-electron chi connectivity index (χ1n) is 7.89. The summed E-state index contributed by atoms with van der Waals surface area (Å²) in [7, 11) is 1.72. The first-order valence-corrected chi connectivity index (χ1v) is 9.05. The van der Waals surface area contributed by atoms with E-state index in [4.69, 9.17) is 0 Å². The second-order valence-electron chi connectivity index (χ2n) is 6.07.